The minimum Gasteiger partial charge on any atom is -0.330 e. The zero-order valence-corrected chi connectivity index (χ0v) is 17.2. The largest absolute Gasteiger partial charge is 0.330 e. The fraction of sp³-hybridized carbons (Fsp3) is 0.591. The third-order valence-corrected chi connectivity index (χ3v) is 7.36. The van der Waals surface area contributed by atoms with Crippen molar-refractivity contribution >= 4 is 11.8 Å². The molecule has 4 aliphatic rings. The molecule has 7 atom stereocenters. The molecule has 1 aromatic carbocycles. The smallest absolute Gasteiger partial charge is 0.242 e. The van der Waals surface area contributed by atoms with E-state index in [-0.39, 0.29) is 36.5 Å². The van der Waals surface area contributed by atoms with Crippen LogP contribution in [0.5, 0.6) is 0 Å². The van der Waals surface area contributed by atoms with E-state index in [0.29, 0.717) is 24.4 Å². The molecule has 0 radical (unpaired) electrons. The van der Waals surface area contributed by atoms with Crippen LogP contribution in [0.15, 0.2) is 18.2 Å². The zero-order chi connectivity index (χ0) is 22.0. The van der Waals surface area contributed by atoms with Gasteiger partial charge in [0.15, 0.2) is 0 Å². The number of amides is 2. The van der Waals surface area contributed by atoms with Crippen LogP contribution in [0, 0.1) is 28.9 Å². The molecule has 31 heavy (non-hydrogen) atoms. The highest BCUT2D eigenvalue weighted by molar-refractivity contribution is 5.87. The molecular formula is C22H25F2N5O2. The maximum absolute atomic E-state index is 13.6. The Morgan fingerprint density at radius 1 is 1.26 bits per heavy atom. The number of hydrogen-bond acceptors (Lipinski definition) is 5. The number of hydrogen-bond donors (Lipinski definition) is 1. The number of benzene rings is 1. The van der Waals surface area contributed by atoms with Crippen molar-refractivity contribution in [2.75, 3.05) is 13.1 Å². The van der Waals surface area contributed by atoms with Crippen LogP contribution in [0.3, 0.4) is 0 Å². The molecule has 3 heterocycles. The second-order valence-electron chi connectivity index (χ2n) is 9.28. The van der Waals surface area contributed by atoms with Gasteiger partial charge in [-0.05, 0) is 49.8 Å². The summed E-state index contributed by atoms with van der Waals surface area (Å²) in [5.41, 5.74) is 6.64. The molecule has 3 aliphatic heterocycles. The number of fused-ring (bicyclic) bond motifs is 3. The summed E-state index contributed by atoms with van der Waals surface area (Å²) in [5, 5.41) is 9.33. The summed E-state index contributed by atoms with van der Waals surface area (Å²) < 4.78 is 27.3. The second-order valence-corrected chi connectivity index (χ2v) is 9.28. The van der Waals surface area contributed by atoms with Gasteiger partial charge < -0.3 is 15.5 Å². The van der Waals surface area contributed by atoms with Crippen LogP contribution < -0.4 is 5.73 Å². The fourth-order valence-corrected chi connectivity index (χ4v) is 5.79. The lowest BCUT2D eigenvalue weighted by Crippen LogP contribution is -2.57. The van der Waals surface area contributed by atoms with E-state index in [2.05, 4.69) is 6.07 Å². The number of carbonyl (C=O) groups excluding carboxylic acids is 2. The minimum absolute atomic E-state index is 0.0902. The lowest BCUT2D eigenvalue weighted by molar-refractivity contribution is -0.141. The number of nitriles is 1. The summed E-state index contributed by atoms with van der Waals surface area (Å²) in [7, 11) is 0. The van der Waals surface area contributed by atoms with Crippen molar-refractivity contribution in [3.05, 3.63) is 35.4 Å². The third-order valence-electron chi connectivity index (χ3n) is 7.36. The molecule has 1 aliphatic carbocycles. The van der Waals surface area contributed by atoms with Gasteiger partial charge in [0.25, 0.3) is 0 Å². The molecule has 3 saturated heterocycles. The Kier molecular flexibility index (Phi) is 4.75. The average Bonchev–Trinajstić information content (AvgIpc) is 3.05. The molecule has 1 aromatic rings. The number of halogens is 2. The van der Waals surface area contributed by atoms with E-state index in [1.807, 2.05) is 4.90 Å². The second kappa shape index (κ2) is 7.24. The molecule has 164 valence electrons. The van der Waals surface area contributed by atoms with Crippen molar-refractivity contribution < 1.29 is 18.4 Å². The summed E-state index contributed by atoms with van der Waals surface area (Å²) in [5.74, 6) is -1.23. The Hall–Kier alpha value is -2.57. The number of rotatable bonds is 5. The predicted molar refractivity (Wildman–Crippen MR) is 106 cm³/mol. The van der Waals surface area contributed by atoms with Gasteiger partial charge >= 0.3 is 0 Å². The van der Waals surface area contributed by atoms with Gasteiger partial charge in [-0.2, -0.15) is 5.26 Å². The van der Waals surface area contributed by atoms with Crippen molar-refractivity contribution in [1.29, 1.82) is 5.26 Å². The maximum Gasteiger partial charge on any atom is 0.242 e. The van der Waals surface area contributed by atoms with Crippen molar-refractivity contribution in [2.24, 2.45) is 11.7 Å². The van der Waals surface area contributed by atoms with Crippen molar-refractivity contribution in [3.8, 4) is 6.07 Å². The summed E-state index contributed by atoms with van der Waals surface area (Å²) in [6.07, 6.45) is 2.27. The van der Waals surface area contributed by atoms with Gasteiger partial charge in [0, 0.05) is 31.2 Å². The normalized spacial score (nSPS) is 33.4. The molecule has 7 nitrogen and oxygen atoms in total. The molecule has 4 fully saturated rings. The van der Waals surface area contributed by atoms with E-state index in [1.165, 1.54) is 12.1 Å². The monoisotopic (exact) mass is 429 g/mol. The number of piperidine rings is 1. The first-order valence-electron chi connectivity index (χ1n) is 10.8. The van der Waals surface area contributed by atoms with Crippen LogP contribution in [0.1, 0.15) is 37.8 Å². The van der Waals surface area contributed by atoms with Crippen molar-refractivity contribution in [3.63, 3.8) is 0 Å². The minimum atomic E-state index is -0.787. The average molecular weight is 429 g/mol. The van der Waals surface area contributed by atoms with Gasteiger partial charge in [-0.15, -0.1) is 0 Å². The SMILES string of the molecule is CC(c1cc(F)cc(F)c1)N1C(=O)[C@@H]2C[C@@H]1CN2CC(N)C(=O)N1C(C#N)C[C@@H]2C[C@@H]21. The Balaban J connectivity index is 1.24. The molecule has 9 heteroatoms. The van der Waals surface area contributed by atoms with Gasteiger partial charge in [0.2, 0.25) is 11.8 Å². The summed E-state index contributed by atoms with van der Waals surface area (Å²) in [6, 6.07) is 3.56. The number of nitrogens with zero attached hydrogens (tertiary/aromatic N) is 4. The van der Waals surface area contributed by atoms with Crippen LogP contribution in [0.2, 0.25) is 0 Å². The Labute approximate surface area is 179 Å². The first kappa shape index (κ1) is 20.3. The first-order chi connectivity index (χ1) is 14.8. The number of nitrogens with two attached hydrogens (primary N) is 1. The van der Waals surface area contributed by atoms with Gasteiger partial charge in [-0.1, -0.05) is 0 Å². The van der Waals surface area contributed by atoms with Crippen LogP contribution >= 0.6 is 0 Å². The van der Waals surface area contributed by atoms with Gasteiger partial charge in [-0.3, -0.25) is 14.5 Å². The van der Waals surface area contributed by atoms with E-state index in [4.69, 9.17) is 5.73 Å². The molecule has 2 bridgehead atoms. The Morgan fingerprint density at radius 3 is 2.61 bits per heavy atom. The lowest BCUT2D eigenvalue weighted by Gasteiger charge is -2.38. The molecule has 0 spiro atoms. The highest BCUT2D eigenvalue weighted by Crippen LogP contribution is 2.48. The van der Waals surface area contributed by atoms with Gasteiger partial charge in [-0.25, -0.2) is 8.78 Å². The molecule has 0 aromatic heterocycles. The standard InChI is InChI=1S/C22H25F2N5O2/c1-11(12-2-14(23)6-15(24)3-12)28-17-7-20(22(28)31)27(9-17)10-18(26)21(30)29-16(8-25)4-13-5-19(13)29/h2-3,6,11,13,16-20H,4-5,7,9-10,26H2,1H3/t11?,13-,16?,17-,18?,19+,20+/m1/s1. The quantitative estimate of drug-likeness (QED) is 0.758. The van der Waals surface area contributed by atoms with E-state index in [1.54, 1.807) is 16.7 Å². The Morgan fingerprint density at radius 2 is 1.97 bits per heavy atom. The third kappa shape index (κ3) is 3.29. The van der Waals surface area contributed by atoms with Crippen molar-refractivity contribution in [2.45, 2.75) is 62.4 Å². The molecule has 3 unspecified atom stereocenters. The zero-order valence-electron chi connectivity index (χ0n) is 17.2. The summed E-state index contributed by atoms with van der Waals surface area (Å²) in [4.78, 5) is 31.2. The molecular weight excluding hydrogens is 404 g/mol. The highest BCUT2D eigenvalue weighted by atomic mass is 19.1. The molecule has 5 rings (SSSR count). The summed E-state index contributed by atoms with van der Waals surface area (Å²) in [6.45, 7) is 2.59. The van der Waals surface area contributed by atoms with E-state index >= 15 is 0 Å². The first-order valence-corrected chi connectivity index (χ1v) is 10.8. The van der Waals surface area contributed by atoms with Gasteiger partial charge in [0.05, 0.1) is 24.2 Å². The van der Waals surface area contributed by atoms with Crippen LogP contribution in [-0.4, -0.2) is 69.8 Å². The van der Waals surface area contributed by atoms with Crippen LogP contribution in [0.4, 0.5) is 8.78 Å². The van der Waals surface area contributed by atoms with Crippen LogP contribution in [0.25, 0.3) is 0 Å². The van der Waals surface area contributed by atoms with E-state index in [0.717, 1.165) is 18.9 Å². The lowest BCUT2D eigenvalue weighted by atomic mass is 10.0. The highest BCUT2D eigenvalue weighted by Gasteiger charge is 2.56. The van der Waals surface area contributed by atoms with E-state index in [9.17, 15) is 23.6 Å². The fourth-order valence-electron chi connectivity index (χ4n) is 5.79. The van der Waals surface area contributed by atoms with Crippen molar-refractivity contribution in [1.82, 2.24) is 14.7 Å². The molecule has 2 N–H and O–H groups in total. The van der Waals surface area contributed by atoms with Gasteiger partial charge in [0.1, 0.15) is 17.7 Å². The molecule has 1 saturated carbocycles. The number of likely N-dealkylation sites (tertiary alicyclic amines) is 3. The molecule has 2 amide bonds. The maximum atomic E-state index is 13.6. The topological polar surface area (TPSA) is 93.7 Å². The van der Waals surface area contributed by atoms with Crippen LogP contribution in [-0.2, 0) is 9.59 Å². The number of piperazine rings is 1. The van der Waals surface area contributed by atoms with E-state index < -0.39 is 29.8 Å². The number of carbonyl (C=O) groups is 2. The summed E-state index contributed by atoms with van der Waals surface area (Å²) >= 11 is 0. The predicted octanol–water partition coefficient (Wildman–Crippen LogP) is 1.15. The Bertz CT molecular complexity index is 961.